The van der Waals surface area contributed by atoms with Crippen molar-refractivity contribution in [1.82, 2.24) is 4.90 Å². The minimum atomic E-state index is 0.675. The predicted molar refractivity (Wildman–Crippen MR) is 69.5 cm³/mol. The molecule has 1 aromatic carbocycles. The van der Waals surface area contributed by atoms with Crippen LogP contribution in [0.1, 0.15) is 44.2 Å². The van der Waals surface area contributed by atoms with E-state index in [1.807, 2.05) is 12.1 Å². The molecule has 17 heavy (non-hydrogen) atoms. The summed E-state index contributed by atoms with van der Waals surface area (Å²) in [6.45, 7) is 5.65. The topological polar surface area (TPSA) is 27.0 Å². The van der Waals surface area contributed by atoms with Gasteiger partial charge in [-0.1, -0.05) is 18.6 Å². The van der Waals surface area contributed by atoms with Gasteiger partial charge in [-0.25, -0.2) is 0 Å². The van der Waals surface area contributed by atoms with Crippen LogP contribution >= 0.6 is 0 Å². The first-order valence-corrected chi connectivity index (χ1v) is 6.45. The van der Waals surface area contributed by atoms with Crippen molar-refractivity contribution in [3.63, 3.8) is 0 Å². The molecule has 2 rings (SSSR count). The zero-order valence-electron chi connectivity index (χ0n) is 10.7. The van der Waals surface area contributed by atoms with E-state index in [-0.39, 0.29) is 0 Å². The minimum Gasteiger partial charge on any atom is -0.294 e. The Morgan fingerprint density at radius 3 is 2.29 bits per heavy atom. The lowest BCUT2D eigenvalue weighted by molar-refractivity contribution is 0.0953. The van der Waals surface area contributed by atoms with E-state index in [4.69, 9.17) is 5.26 Å². The first-order chi connectivity index (χ1) is 8.20. The van der Waals surface area contributed by atoms with Crippen molar-refractivity contribution < 1.29 is 0 Å². The molecule has 0 N–H and O–H groups in total. The maximum Gasteiger partial charge on any atom is 0.0991 e. The second kappa shape index (κ2) is 5.33. The molecule has 0 bridgehead atoms. The second-order valence-corrected chi connectivity index (χ2v) is 5.11. The first kappa shape index (κ1) is 12.1. The highest BCUT2D eigenvalue weighted by atomic mass is 15.2. The van der Waals surface area contributed by atoms with Gasteiger partial charge in [-0.3, -0.25) is 4.90 Å². The Kier molecular flexibility index (Phi) is 3.81. The van der Waals surface area contributed by atoms with Gasteiger partial charge in [-0.15, -0.1) is 0 Å². The van der Waals surface area contributed by atoms with Crippen LogP contribution < -0.4 is 0 Å². The van der Waals surface area contributed by atoms with Gasteiger partial charge >= 0.3 is 0 Å². The van der Waals surface area contributed by atoms with Crippen molar-refractivity contribution >= 4 is 0 Å². The minimum absolute atomic E-state index is 0.675. The summed E-state index contributed by atoms with van der Waals surface area (Å²) in [5.74, 6) is 0. The molecule has 2 nitrogen and oxygen atoms in total. The number of hydrogen-bond acceptors (Lipinski definition) is 2. The number of nitriles is 1. The number of piperidine rings is 1. The summed E-state index contributed by atoms with van der Waals surface area (Å²) >= 11 is 0. The van der Waals surface area contributed by atoms with E-state index in [1.54, 1.807) is 0 Å². The van der Waals surface area contributed by atoms with Crippen LogP contribution in [-0.2, 0) is 6.54 Å². The van der Waals surface area contributed by atoms with Crippen molar-refractivity contribution in [3.05, 3.63) is 35.4 Å². The summed E-state index contributed by atoms with van der Waals surface area (Å²) in [7, 11) is 0. The molecule has 2 heteroatoms. The summed E-state index contributed by atoms with van der Waals surface area (Å²) in [5.41, 5.74) is 2.05. The van der Waals surface area contributed by atoms with Crippen LogP contribution in [0.5, 0.6) is 0 Å². The molecule has 2 unspecified atom stereocenters. The maximum atomic E-state index is 8.77. The molecular formula is C15H20N2. The zero-order valence-corrected chi connectivity index (χ0v) is 10.7. The maximum absolute atomic E-state index is 8.77. The van der Waals surface area contributed by atoms with E-state index in [0.29, 0.717) is 12.1 Å². The van der Waals surface area contributed by atoms with E-state index >= 15 is 0 Å². The van der Waals surface area contributed by atoms with Crippen LogP contribution in [0.4, 0.5) is 0 Å². The second-order valence-electron chi connectivity index (χ2n) is 5.11. The molecule has 1 heterocycles. The Labute approximate surface area is 104 Å². The number of hydrogen-bond donors (Lipinski definition) is 0. The third-order valence-electron chi connectivity index (χ3n) is 3.82. The van der Waals surface area contributed by atoms with Gasteiger partial charge in [0.15, 0.2) is 0 Å². The SMILES string of the molecule is CC1CCCC(C)N1Cc1ccc(C#N)cc1. The van der Waals surface area contributed by atoms with Gasteiger partial charge in [-0.05, 0) is 44.4 Å². The van der Waals surface area contributed by atoms with Crippen molar-refractivity contribution in [1.29, 1.82) is 5.26 Å². The molecule has 0 radical (unpaired) electrons. The number of nitrogens with zero attached hydrogens (tertiary/aromatic N) is 2. The van der Waals surface area contributed by atoms with Gasteiger partial charge in [0.05, 0.1) is 11.6 Å². The lowest BCUT2D eigenvalue weighted by Crippen LogP contribution is -2.42. The van der Waals surface area contributed by atoms with Crippen molar-refractivity contribution in [2.24, 2.45) is 0 Å². The molecule has 0 aliphatic carbocycles. The van der Waals surface area contributed by atoms with E-state index in [2.05, 4.69) is 36.9 Å². The highest BCUT2D eigenvalue weighted by Gasteiger charge is 2.24. The van der Waals surface area contributed by atoms with Crippen molar-refractivity contribution in [2.75, 3.05) is 0 Å². The number of likely N-dealkylation sites (tertiary alicyclic amines) is 1. The Balaban J connectivity index is 2.06. The van der Waals surface area contributed by atoms with Gasteiger partial charge in [0, 0.05) is 18.6 Å². The molecule has 2 atom stereocenters. The van der Waals surface area contributed by atoms with Gasteiger partial charge in [0.1, 0.15) is 0 Å². The van der Waals surface area contributed by atoms with Crippen LogP contribution in [0.15, 0.2) is 24.3 Å². The smallest absolute Gasteiger partial charge is 0.0991 e. The number of rotatable bonds is 2. The molecule has 0 saturated carbocycles. The molecule has 1 aliphatic rings. The van der Waals surface area contributed by atoms with Crippen LogP contribution in [0, 0.1) is 11.3 Å². The molecule has 1 aliphatic heterocycles. The lowest BCUT2D eigenvalue weighted by Gasteiger charge is -2.39. The van der Waals surface area contributed by atoms with E-state index < -0.39 is 0 Å². The third-order valence-corrected chi connectivity index (χ3v) is 3.82. The van der Waals surface area contributed by atoms with E-state index in [0.717, 1.165) is 12.1 Å². The molecular weight excluding hydrogens is 208 g/mol. The standard InChI is InChI=1S/C15H20N2/c1-12-4-3-5-13(2)17(12)11-15-8-6-14(10-16)7-9-15/h6-9,12-13H,3-5,11H2,1-2H3. The monoisotopic (exact) mass is 228 g/mol. The summed E-state index contributed by atoms with van der Waals surface area (Å²) < 4.78 is 0. The lowest BCUT2D eigenvalue weighted by atomic mass is 9.96. The van der Waals surface area contributed by atoms with Gasteiger partial charge < -0.3 is 0 Å². The Hall–Kier alpha value is -1.33. The Bertz CT molecular complexity index is 392. The quantitative estimate of drug-likeness (QED) is 0.776. The predicted octanol–water partition coefficient (Wildman–Crippen LogP) is 3.32. The van der Waals surface area contributed by atoms with Crippen molar-refractivity contribution in [2.45, 2.75) is 51.7 Å². The average Bonchev–Trinajstić information content (AvgIpc) is 2.35. The first-order valence-electron chi connectivity index (χ1n) is 6.45. The molecule has 90 valence electrons. The van der Waals surface area contributed by atoms with Crippen molar-refractivity contribution in [3.8, 4) is 6.07 Å². The Morgan fingerprint density at radius 2 is 1.76 bits per heavy atom. The van der Waals surface area contributed by atoms with Gasteiger partial charge in [-0.2, -0.15) is 5.26 Å². The molecule has 1 aromatic rings. The summed E-state index contributed by atoms with van der Waals surface area (Å²) in [6.07, 6.45) is 3.97. The highest BCUT2D eigenvalue weighted by Crippen LogP contribution is 2.24. The molecule has 0 spiro atoms. The van der Waals surface area contributed by atoms with E-state index in [9.17, 15) is 0 Å². The summed E-state index contributed by atoms with van der Waals surface area (Å²) in [5, 5.41) is 8.77. The highest BCUT2D eigenvalue weighted by molar-refractivity contribution is 5.31. The van der Waals surface area contributed by atoms with Crippen LogP contribution in [0.25, 0.3) is 0 Å². The summed E-state index contributed by atoms with van der Waals surface area (Å²) in [6, 6.07) is 11.5. The van der Waals surface area contributed by atoms with Crippen LogP contribution in [0.2, 0.25) is 0 Å². The molecule has 1 saturated heterocycles. The van der Waals surface area contributed by atoms with Gasteiger partial charge in [0.2, 0.25) is 0 Å². The van der Waals surface area contributed by atoms with Crippen LogP contribution in [0.3, 0.4) is 0 Å². The fourth-order valence-electron chi connectivity index (χ4n) is 2.68. The molecule has 0 amide bonds. The fourth-order valence-corrected chi connectivity index (χ4v) is 2.68. The van der Waals surface area contributed by atoms with Gasteiger partial charge in [0.25, 0.3) is 0 Å². The summed E-state index contributed by atoms with van der Waals surface area (Å²) in [4.78, 5) is 2.57. The molecule has 0 aromatic heterocycles. The molecule has 1 fully saturated rings. The Morgan fingerprint density at radius 1 is 1.18 bits per heavy atom. The largest absolute Gasteiger partial charge is 0.294 e. The zero-order chi connectivity index (χ0) is 12.3. The van der Waals surface area contributed by atoms with Crippen LogP contribution in [-0.4, -0.2) is 17.0 Å². The fraction of sp³-hybridized carbons (Fsp3) is 0.533. The number of benzene rings is 1. The normalized spacial score (nSPS) is 25.5. The average molecular weight is 228 g/mol. The third kappa shape index (κ3) is 2.87. The van der Waals surface area contributed by atoms with E-state index in [1.165, 1.54) is 24.8 Å².